The van der Waals surface area contributed by atoms with E-state index in [-0.39, 0.29) is 0 Å². The van der Waals surface area contributed by atoms with Crippen LogP contribution in [0.3, 0.4) is 0 Å². The predicted octanol–water partition coefficient (Wildman–Crippen LogP) is 32.7. The third-order valence-electron chi connectivity index (χ3n) is 28.4. The van der Waals surface area contributed by atoms with Gasteiger partial charge in [-0.15, -0.1) is 0 Å². The molecule has 13 nitrogen and oxygen atoms in total. The van der Waals surface area contributed by atoms with E-state index in [4.69, 9.17) is 0 Å². The smallest absolute Gasteiger partial charge is 0.101 e. The van der Waals surface area contributed by atoms with Crippen LogP contribution >= 0.6 is 0 Å². The summed E-state index contributed by atoms with van der Waals surface area (Å²) < 4.78 is 13.6. The zero-order valence-corrected chi connectivity index (χ0v) is 78.3. The van der Waals surface area contributed by atoms with E-state index in [9.17, 15) is 36.8 Å². The number of hydrogen-bond acceptors (Lipinski definition) is 7. The molecule has 0 spiro atoms. The highest BCUT2D eigenvalue weighted by Crippen LogP contribution is 2.50. The molecule has 674 valence electrons. The Bertz CT molecular complexity index is 10400. The van der Waals surface area contributed by atoms with Crippen LogP contribution in [0.25, 0.3) is 232 Å². The average molecular weight is 1860 g/mol. The molecule has 0 aliphatic rings. The van der Waals surface area contributed by atoms with Crippen molar-refractivity contribution in [2.45, 2.75) is 0 Å². The van der Waals surface area contributed by atoms with Gasteiger partial charge in [-0.25, -0.2) is 0 Å². The molecule has 27 aromatic rings. The lowest BCUT2D eigenvalue weighted by molar-refractivity contribution is 1.17. The summed E-state index contributed by atoms with van der Waals surface area (Å²) in [6, 6.07) is 176. The minimum atomic E-state index is 0.575. The zero-order valence-electron chi connectivity index (χ0n) is 78.3. The maximum atomic E-state index is 10.1. The summed E-state index contributed by atoms with van der Waals surface area (Å²) in [7, 11) is 0. The summed E-state index contributed by atoms with van der Waals surface area (Å²) in [4.78, 5) is 0. The molecule has 27 rings (SSSR count). The minimum absolute atomic E-state index is 0.575. The summed E-state index contributed by atoms with van der Waals surface area (Å²) in [5.74, 6) is 0. The van der Waals surface area contributed by atoms with E-state index < -0.39 is 0 Å². The van der Waals surface area contributed by atoms with E-state index in [0.717, 1.165) is 216 Å². The highest BCUT2D eigenvalue weighted by Gasteiger charge is 2.27. The van der Waals surface area contributed by atoms with E-state index in [0.29, 0.717) is 38.9 Å². The first-order chi connectivity index (χ1) is 72.1. The first-order valence-corrected chi connectivity index (χ1v) is 48.1. The molecule has 0 bridgehead atoms. The topological polar surface area (TPSA) is 196 Å². The molecule has 146 heavy (non-hydrogen) atoms. The van der Waals surface area contributed by atoms with Crippen molar-refractivity contribution in [1.29, 1.82) is 36.8 Å². The molecule has 0 radical (unpaired) electrons. The van der Waals surface area contributed by atoms with Gasteiger partial charge in [0.2, 0.25) is 0 Å². The van der Waals surface area contributed by atoms with Gasteiger partial charge >= 0.3 is 0 Å². The lowest BCUT2D eigenvalue weighted by Gasteiger charge is -2.15. The van der Waals surface area contributed by atoms with Crippen molar-refractivity contribution in [3.05, 3.63) is 506 Å². The van der Waals surface area contributed by atoms with Gasteiger partial charge in [0.1, 0.15) is 6.07 Å². The second kappa shape index (κ2) is 36.0. The Labute approximate surface area is 838 Å². The fraction of sp³-hybridized carbons (Fsp3) is 0. The van der Waals surface area contributed by atoms with E-state index in [1.54, 1.807) is 0 Å². The Balaban J connectivity index is 0.000000114. The van der Waals surface area contributed by atoms with Crippen molar-refractivity contribution in [2.24, 2.45) is 0 Å². The Morgan fingerprint density at radius 3 is 0.795 bits per heavy atom. The van der Waals surface area contributed by atoms with Crippen molar-refractivity contribution >= 4 is 131 Å². The Morgan fingerprint density at radius 2 is 0.404 bits per heavy atom. The minimum Gasteiger partial charge on any atom is -0.309 e. The van der Waals surface area contributed by atoms with Crippen LogP contribution in [0.5, 0.6) is 0 Å². The molecule has 0 N–H and O–H groups in total. The van der Waals surface area contributed by atoms with Crippen LogP contribution in [0.15, 0.2) is 467 Å². The molecule has 0 amide bonds. The first-order valence-electron chi connectivity index (χ1n) is 48.1. The molecule has 0 aliphatic heterocycles. The van der Waals surface area contributed by atoms with Crippen LogP contribution in [0.1, 0.15) is 38.9 Å². The van der Waals surface area contributed by atoms with Crippen molar-refractivity contribution < 1.29 is 0 Å². The van der Waals surface area contributed by atoms with Crippen LogP contribution in [0, 0.1) is 79.3 Å². The number of nitriles is 7. The van der Waals surface area contributed by atoms with E-state index >= 15 is 0 Å². The maximum Gasteiger partial charge on any atom is 0.101 e. The molecule has 0 aliphatic carbocycles. The molecule has 0 saturated heterocycles. The van der Waals surface area contributed by atoms with Gasteiger partial charge in [-0.2, -0.15) is 36.8 Å². The van der Waals surface area contributed by atoms with Gasteiger partial charge in [0.05, 0.1) is 147 Å². The number of fused-ring (bicyclic) bond motifs is 18. The number of aromatic nitrogens is 6. The number of rotatable bonds is 12. The summed E-state index contributed by atoms with van der Waals surface area (Å²) in [5.41, 5.74) is 36.1. The van der Waals surface area contributed by atoms with Crippen LogP contribution < -0.4 is 0 Å². The third-order valence-corrected chi connectivity index (χ3v) is 28.4. The molecule has 0 fully saturated rings. The highest BCUT2D eigenvalue weighted by molar-refractivity contribution is 6.20. The molecule has 21 aromatic carbocycles. The van der Waals surface area contributed by atoms with Gasteiger partial charge in [-0.3, -0.25) is 0 Å². The van der Waals surface area contributed by atoms with E-state index in [1.165, 1.54) is 16.2 Å². The lowest BCUT2D eigenvalue weighted by atomic mass is 9.92. The van der Waals surface area contributed by atoms with Gasteiger partial charge in [0.15, 0.2) is 0 Å². The molecule has 6 aromatic heterocycles. The fourth-order valence-electron chi connectivity index (χ4n) is 22.0. The highest BCUT2D eigenvalue weighted by atomic mass is 15.0. The average Bonchev–Trinajstić information content (AvgIpc) is 1.57. The van der Waals surface area contributed by atoms with Crippen LogP contribution in [-0.4, -0.2) is 27.4 Å². The van der Waals surface area contributed by atoms with Gasteiger partial charge in [-0.1, -0.05) is 279 Å². The quantitative estimate of drug-likeness (QED) is 0.116. The molecular weight excluding hydrogens is 1780 g/mol. The molecule has 13 heteroatoms. The van der Waals surface area contributed by atoms with Gasteiger partial charge in [0.25, 0.3) is 0 Å². The number of benzene rings is 21. The van der Waals surface area contributed by atoms with Crippen molar-refractivity contribution in [3.63, 3.8) is 0 Å². The van der Waals surface area contributed by atoms with Crippen molar-refractivity contribution in [3.8, 4) is 143 Å². The summed E-state index contributed by atoms with van der Waals surface area (Å²) in [6.45, 7) is 0. The van der Waals surface area contributed by atoms with Crippen molar-refractivity contribution in [2.75, 3.05) is 0 Å². The SMILES string of the molecule is N#Cc1ccc(-n2c3ccccc3c3ccc(-c4ccccc4-c4cccc5c6cc(C#N)ccc6n(-c6ccccc6)c45)cc32)cc1.N#Cc1cccc(-n2c3ccc(C#N)cc3c3cccc(-c4ccccc4-c4ccc5c6ccccc6n(-c6ccccc6C#N)c5c4)c32)c1.N#Cc1cccc(-n2c3ccccc3c3ccc(-c4ccccc4-c4cccc5c6cc(C#N)ccc6n(-c6ccccc6)c45)cc32)c1. The van der Waals surface area contributed by atoms with Crippen LogP contribution in [-0.2, 0) is 0 Å². The van der Waals surface area contributed by atoms with Crippen LogP contribution in [0.4, 0.5) is 0 Å². The number of hydrogen-bond donors (Lipinski definition) is 0. The first kappa shape index (κ1) is 86.4. The summed E-state index contributed by atoms with van der Waals surface area (Å²) in [6.07, 6.45) is 0. The van der Waals surface area contributed by atoms with Gasteiger partial charge < -0.3 is 27.4 Å². The zero-order chi connectivity index (χ0) is 98.2. The Hall–Kier alpha value is -21.1. The predicted molar refractivity (Wildman–Crippen MR) is 591 cm³/mol. The molecule has 0 saturated carbocycles. The van der Waals surface area contributed by atoms with E-state index in [2.05, 4.69) is 385 Å². The maximum absolute atomic E-state index is 10.1. The summed E-state index contributed by atoms with van der Waals surface area (Å²) in [5, 5.41) is 81.5. The lowest BCUT2D eigenvalue weighted by Crippen LogP contribution is -1.98. The second-order valence-corrected chi connectivity index (χ2v) is 36.3. The molecule has 0 atom stereocenters. The Morgan fingerprint density at radius 1 is 0.137 bits per heavy atom. The second-order valence-electron chi connectivity index (χ2n) is 36.3. The summed E-state index contributed by atoms with van der Waals surface area (Å²) >= 11 is 0. The number of nitrogens with zero attached hydrogens (tertiary/aromatic N) is 13. The van der Waals surface area contributed by atoms with Crippen molar-refractivity contribution in [1.82, 2.24) is 27.4 Å². The largest absolute Gasteiger partial charge is 0.309 e. The fourth-order valence-corrected chi connectivity index (χ4v) is 22.0. The number of para-hydroxylation sites is 9. The van der Waals surface area contributed by atoms with Crippen LogP contribution in [0.2, 0.25) is 0 Å². The molecule has 6 heterocycles. The monoisotopic (exact) mass is 1860 g/mol. The molecular formula is C133H77N13. The normalized spacial score (nSPS) is 11.2. The van der Waals surface area contributed by atoms with Gasteiger partial charge in [-0.05, 0) is 238 Å². The standard InChI is InChI=1S/C45H25N5.2C44H26N4/c46-26-29-9-7-11-33(23-29)49-43-22-19-30(27-47)24-40(43)39-16-8-15-38(45(39)49)35-13-3-2-12-34(35)31-20-21-37-36-14-4-6-18-42(36)50(44(37)25-31)41-17-5-1-10-32(41)28-48;45-27-29-10-8-13-33(24-29)47-41-19-7-6-16-36(41)37-22-21-31(26-43(37)47)34-14-4-5-15-35(34)38-17-9-18-39-40-25-30(28-46)20-23-42(40)48(44(38)39)32-11-2-1-3-12-32;45-27-29-17-21-33(22-18-29)47-41-16-7-6-13-36(41)37-23-20-31(26-43(37)47)34-11-4-5-12-35(34)38-14-8-15-39-40-25-30(28-46)19-24-42(40)48(44(38)39)32-9-2-1-3-10-32/h1-25H;2*1-26H. The Kier molecular flexibility index (Phi) is 21.3. The van der Waals surface area contributed by atoms with E-state index in [1.807, 2.05) is 152 Å². The van der Waals surface area contributed by atoms with Gasteiger partial charge in [0, 0.05) is 110 Å². The third kappa shape index (κ3) is 14.4. The molecule has 0 unspecified atom stereocenters.